The molecule has 5 aliphatic rings. The van der Waals surface area contributed by atoms with Gasteiger partial charge in [-0.1, -0.05) is 81.8 Å². The Balaban J connectivity index is 1.21. The first-order valence-corrected chi connectivity index (χ1v) is 14.7. The first kappa shape index (κ1) is 25.3. The summed E-state index contributed by atoms with van der Waals surface area (Å²) in [5, 5.41) is 0. The highest BCUT2D eigenvalue weighted by Crippen LogP contribution is 2.61. The van der Waals surface area contributed by atoms with Crippen molar-refractivity contribution >= 4 is 23.5 Å². The summed E-state index contributed by atoms with van der Waals surface area (Å²) in [6, 6.07) is 23.4. The summed E-state index contributed by atoms with van der Waals surface area (Å²) in [6.45, 7) is 6.59. The third-order valence-electron chi connectivity index (χ3n) is 10.0. The minimum Gasteiger partial charge on any atom is -0.458 e. The summed E-state index contributed by atoms with van der Waals surface area (Å²) >= 11 is 0. The van der Waals surface area contributed by atoms with Crippen LogP contribution in [0, 0.1) is 29.6 Å². The molecule has 5 heteroatoms. The van der Waals surface area contributed by atoms with E-state index in [1.165, 1.54) is 4.90 Å². The van der Waals surface area contributed by atoms with Gasteiger partial charge in [0.25, 0.3) is 0 Å². The van der Waals surface area contributed by atoms with Crippen LogP contribution < -0.4 is 4.90 Å². The minimum atomic E-state index is -0.451. The van der Waals surface area contributed by atoms with Crippen LogP contribution in [-0.4, -0.2) is 23.9 Å². The van der Waals surface area contributed by atoms with E-state index in [-0.39, 0.29) is 35.7 Å². The molecule has 0 spiro atoms. The van der Waals surface area contributed by atoms with Crippen molar-refractivity contribution in [2.24, 2.45) is 29.6 Å². The molecule has 1 heterocycles. The van der Waals surface area contributed by atoms with E-state index < -0.39 is 11.8 Å². The molecule has 5 atom stereocenters. The van der Waals surface area contributed by atoms with Gasteiger partial charge in [0, 0.05) is 11.8 Å². The number of hydrogen-bond donors (Lipinski definition) is 0. The lowest BCUT2D eigenvalue weighted by molar-refractivity contribution is -0.122. The van der Waals surface area contributed by atoms with Crippen molar-refractivity contribution in [3.05, 3.63) is 101 Å². The minimum absolute atomic E-state index is 0.120. The highest BCUT2D eigenvalue weighted by atomic mass is 16.5. The van der Waals surface area contributed by atoms with Crippen LogP contribution in [-0.2, 0) is 14.3 Å². The lowest BCUT2D eigenvalue weighted by Crippen LogP contribution is -2.41. The molecule has 3 aromatic rings. The highest BCUT2D eigenvalue weighted by Gasteiger charge is 2.61. The molecule has 2 fully saturated rings. The fraction of sp³-hybridized carbons (Fsp3) is 0.400. The van der Waals surface area contributed by atoms with Crippen molar-refractivity contribution < 1.29 is 19.1 Å². The monoisotopic (exact) mass is 533 g/mol. The summed E-state index contributed by atoms with van der Waals surface area (Å²) in [5.74, 6) is -0.663. The molecular weight excluding hydrogens is 498 g/mol. The average Bonchev–Trinajstić information content (AvgIpc) is 3.23. The van der Waals surface area contributed by atoms with E-state index in [9.17, 15) is 14.4 Å². The third kappa shape index (κ3) is 3.70. The summed E-state index contributed by atoms with van der Waals surface area (Å²) in [7, 11) is 0. The molecule has 1 saturated carbocycles. The number of anilines is 1. The molecule has 40 heavy (non-hydrogen) atoms. The van der Waals surface area contributed by atoms with Gasteiger partial charge >= 0.3 is 5.97 Å². The SMILES string of the molecule is CC(C)[C@@H]1CC[C@@H](C)C[C@H]1OC(=O)c1cccc(N2C(=O)[C@@H]3C4c5ccccc5C(c5ccccc54)[C@@H]3C2=O)c1. The predicted octanol–water partition coefficient (Wildman–Crippen LogP) is 6.70. The van der Waals surface area contributed by atoms with Gasteiger partial charge in [-0.05, 0) is 71.0 Å². The van der Waals surface area contributed by atoms with E-state index in [0.29, 0.717) is 29.0 Å². The Labute approximate surface area is 235 Å². The largest absolute Gasteiger partial charge is 0.458 e. The summed E-state index contributed by atoms with van der Waals surface area (Å²) < 4.78 is 6.09. The Kier molecular flexibility index (Phi) is 5.95. The van der Waals surface area contributed by atoms with Crippen LogP contribution in [0.2, 0.25) is 0 Å². The van der Waals surface area contributed by atoms with Crippen LogP contribution in [0.15, 0.2) is 72.8 Å². The topological polar surface area (TPSA) is 63.7 Å². The van der Waals surface area contributed by atoms with E-state index in [1.807, 2.05) is 24.3 Å². The predicted molar refractivity (Wildman–Crippen MR) is 153 cm³/mol. The smallest absolute Gasteiger partial charge is 0.338 e. The Hall–Kier alpha value is -3.73. The van der Waals surface area contributed by atoms with E-state index in [1.54, 1.807) is 24.3 Å². The Morgan fingerprint density at radius 1 is 0.800 bits per heavy atom. The molecule has 3 aromatic carbocycles. The van der Waals surface area contributed by atoms with Gasteiger partial charge in [-0.15, -0.1) is 0 Å². The molecule has 0 N–H and O–H groups in total. The van der Waals surface area contributed by atoms with Crippen molar-refractivity contribution in [2.45, 2.75) is 58.0 Å². The standard InChI is InChI=1S/C35H35NO4/c1-19(2)23-16-15-20(3)17-28(23)40-35(39)21-9-8-10-22(18-21)36-33(37)31-29-24-11-4-5-12-25(24)30(32(31)34(36)38)27-14-7-6-13-26(27)29/h4-14,18-20,23,28-32H,15-17H2,1-3H3/t20-,23+,28-,29?,30?,31-,32+/m1/s1. The van der Waals surface area contributed by atoms with Gasteiger partial charge in [-0.25, -0.2) is 9.69 Å². The Morgan fingerprint density at radius 3 is 1.88 bits per heavy atom. The van der Waals surface area contributed by atoms with Gasteiger partial charge in [0.15, 0.2) is 0 Å². The lowest BCUT2D eigenvalue weighted by Gasteiger charge is -2.45. The van der Waals surface area contributed by atoms with Gasteiger partial charge in [0.2, 0.25) is 11.8 Å². The molecule has 0 unspecified atom stereocenters. The van der Waals surface area contributed by atoms with Gasteiger partial charge in [0.05, 0.1) is 23.1 Å². The zero-order valence-corrected chi connectivity index (χ0v) is 23.2. The number of rotatable bonds is 4. The second-order valence-corrected chi connectivity index (χ2v) is 12.6. The van der Waals surface area contributed by atoms with Crippen LogP contribution in [0.1, 0.15) is 84.5 Å². The van der Waals surface area contributed by atoms with Gasteiger partial charge in [0.1, 0.15) is 6.10 Å². The summed E-state index contributed by atoms with van der Waals surface area (Å²) in [6.07, 6.45) is 2.96. The molecule has 1 aliphatic heterocycles. The molecule has 5 nitrogen and oxygen atoms in total. The van der Waals surface area contributed by atoms with Crippen molar-refractivity contribution in [1.82, 2.24) is 0 Å². The molecule has 2 amide bonds. The number of carbonyl (C=O) groups excluding carboxylic acids is 3. The molecule has 0 radical (unpaired) electrons. The number of ether oxygens (including phenoxy) is 1. The van der Waals surface area contributed by atoms with Crippen LogP contribution in [0.5, 0.6) is 0 Å². The first-order valence-electron chi connectivity index (χ1n) is 14.7. The summed E-state index contributed by atoms with van der Waals surface area (Å²) in [4.78, 5) is 42.9. The first-order chi connectivity index (χ1) is 19.3. The number of esters is 1. The molecule has 4 aliphatic carbocycles. The normalized spacial score (nSPS) is 30.2. The molecule has 8 rings (SSSR count). The number of carbonyl (C=O) groups is 3. The second-order valence-electron chi connectivity index (χ2n) is 12.6. The molecule has 2 bridgehead atoms. The van der Waals surface area contributed by atoms with Crippen LogP contribution in [0.3, 0.4) is 0 Å². The van der Waals surface area contributed by atoms with E-state index in [4.69, 9.17) is 4.74 Å². The summed E-state index contributed by atoms with van der Waals surface area (Å²) in [5.41, 5.74) is 5.42. The van der Waals surface area contributed by atoms with Crippen LogP contribution in [0.4, 0.5) is 5.69 Å². The van der Waals surface area contributed by atoms with Crippen molar-refractivity contribution in [2.75, 3.05) is 4.90 Å². The molecule has 204 valence electrons. The van der Waals surface area contributed by atoms with Crippen molar-refractivity contribution in [3.8, 4) is 0 Å². The number of amides is 2. The van der Waals surface area contributed by atoms with Gasteiger partial charge in [-0.3, -0.25) is 9.59 Å². The number of benzene rings is 3. The Morgan fingerprint density at radius 2 is 1.35 bits per heavy atom. The maximum Gasteiger partial charge on any atom is 0.338 e. The van der Waals surface area contributed by atoms with E-state index in [2.05, 4.69) is 45.0 Å². The fourth-order valence-corrected chi connectivity index (χ4v) is 8.16. The molecular formula is C35H35NO4. The van der Waals surface area contributed by atoms with Gasteiger partial charge < -0.3 is 4.74 Å². The average molecular weight is 534 g/mol. The molecule has 1 saturated heterocycles. The zero-order chi connectivity index (χ0) is 27.7. The Bertz CT molecular complexity index is 1410. The fourth-order valence-electron chi connectivity index (χ4n) is 8.16. The van der Waals surface area contributed by atoms with Crippen LogP contribution in [0.25, 0.3) is 0 Å². The number of imide groups is 1. The zero-order valence-electron chi connectivity index (χ0n) is 23.2. The molecule has 0 aromatic heterocycles. The maximum atomic E-state index is 14.1. The highest BCUT2D eigenvalue weighted by molar-refractivity contribution is 6.23. The quantitative estimate of drug-likeness (QED) is 0.277. The third-order valence-corrected chi connectivity index (χ3v) is 10.0. The second kappa shape index (κ2) is 9.43. The van der Waals surface area contributed by atoms with Crippen molar-refractivity contribution in [3.63, 3.8) is 0 Å². The maximum absolute atomic E-state index is 14.1. The number of nitrogens with zero attached hydrogens (tertiary/aromatic N) is 1. The van der Waals surface area contributed by atoms with Crippen molar-refractivity contribution in [1.29, 1.82) is 0 Å². The van der Waals surface area contributed by atoms with E-state index >= 15 is 0 Å². The van der Waals surface area contributed by atoms with Gasteiger partial charge in [-0.2, -0.15) is 0 Å². The lowest BCUT2D eigenvalue weighted by atomic mass is 9.55. The van der Waals surface area contributed by atoms with Crippen LogP contribution >= 0.6 is 0 Å². The van der Waals surface area contributed by atoms with E-state index in [0.717, 1.165) is 41.5 Å². The number of hydrogen-bond acceptors (Lipinski definition) is 4.